The zero-order valence-electron chi connectivity index (χ0n) is 8.77. The molecule has 2 rings (SSSR count). The van der Waals surface area contributed by atoms with Crippen LogP contribution in [-0.2, 0) is 4.79 Å². The highest BCUT2D eigenvalue weighted by Crippen LogP contribution is 2.27. The van der Waals surface area contributed by atoms with Crippen LogP contribution in [0.2, 0.25) is 0 Å². The minimum absolute atomic E-state index is 0.374. The van der Waals surface area contributed by atoms with E-state index in [4.69, 9.17) is 5.11 Å². The fourth-order valence-electron chi connectivity index (χ4n) is 1.82. The number of halogens is 1. The first kappa shape index (κ1) is 10.6. The van der Waals surface area contributed by atoms with Gasteiger partial charge in [-0.2, -0.15) is 0 Å². The number of carboxylic acids is 1. The highest BCUT2D eigenvalue weighted by atomic mass is 19.1. The zero-order chi connectivity index (χ0) is 11.7. The molecule has 0 aliphatic rings. The predicted octanol–water partition coefficient (Wildman–Crippen LogP) is 3.17. The third-order valence-corrected chi connectivity index (χ3v) is 2.72. The highest BCUT2D eigenvalue weighted by Gasteiger charge is 2.17. The van der Waals surface area contributed by atoms with Crippen LogP contribution in [0.4, 0.5) is 4.39 Å². The van der Waals surface area contributed by atoms with Crippen LogP contribution in [0.3, 0.4) is 0 Å². The van der Waals surface area contributed by atoms with Crippen molar-refractivity contribution in [3.05, 3.63) is 47.8 Å². The first-order valence-electron chi connectivity index (χ1n) is 5.01. The Morgan fingerprint density at radius 1 is 1.25 bits per heavy atom. The Kier molecular flexibility index (Phi) is 2.60. The fourth-order valence-corrected chi connectivity index (χ4v) is 1.82. The SMILES string of the molecule is CC(C(=O)O)c1cccc2cccc(F)c12. The van der Waals surface area contributed by atoms with Gasteiger partial charge in [-0.1, -0.05) is 30.3 Å². The van der Waals surface area contributed by atoms with E-state index < -0.39 is 11.9 Å². The second-order valence-electron chi connectivity index (χ2n) is 3.75. The summed E-state index contributed by atoms with van der Waals surface area (Å²) in [6.45, 7) is 1.56. The van der Waals surface area contributed by atoms with Crippen molar-refractivity contribution in [1.82, 2.24) is 0 Å². The molecule has 0 radical (unpaired) electrons. The lowest BCUT2D eigenvalue weighted by atomic mass is 9.94. The molecule has 0 saturated heterocycles. The third kappa shape index (κ3) is 1.65. The lowest BCUT2D eigenvalue weighted by molar-refractivity contribution is -0.138. The molecule has 1 atom stereocenters. The maximum absolute atomic E-state index is 13.7. The number of carboxylic acid groups (broad SMARTS) is 1. The molecular weight excluding hydrogens is 207 g/mol. The molecule has 3 heteroatoms. The van der Waals surface area contributed by atoms with Crippen molar-refractivity contribution in [1.29, 1.82) is 0 Å². The standard InChI is InChI=1S/C13H11FO2/c1-8(13(15)16)10-6-2-4-9-5-3-7-11(14)12(9)10/h2-8H,1H3,(H,15,16). The summed E-state index contributed by atoms with van der Waals surface area (Å²) in [6, 6.07) is 9.92. The summed E-state index contributed by atoms with van der Waals surface area (Å²) >= 11 is 0. The van der Waals surface area contributed by atoms with E-state index in [0.717, 1.165) is 5.39 Å². The molecule has 16 heavy (non-hydrogen) atoms. The van der Waals surface area contributed by atoms with Crippen molar-refractivity contribution in [2.75, 3.05) is 0 Å². The van der Waals surface area contributed by atoms with E-state index in [-0.39, 0.29) is 5.82 Å². The Labute approximate surface area is 92.3 Å². The van der Waals surface area contributed by atoms with Gasteiger partial charge >= 0.3 is 5.97 Å². The van der Waals surface area contributed by atoms with Crippen molar-refractivity contribution in [2.24, 2.45) is 0 Å². The molecular formula is C13H11FO2. The Balaban J connectivity index is 2.75. The van der Waals surface area contributed by atoms with Gasteiger partial charge in [-0.3, -0.25) is 4.79 Å². The maximum Gasteiger partial charge on any atom is 0.310 e. The number of aliphatic carboxylic acids is 1. The fraction of sp³-hybridized carbons (Fsp3) is 0.154. The van der Waals surface area contributed by atoms with Gasteiger partial charge in [0, 0.05) is 5.39 Å². The van der Waals surface area contributed by atoms with Crippen LogP contribution >= 0.6 is 0 Å². The molecule has 0 aliphatic carbocycles. The molecule has 0 saturated carbocycles. The highest BCUT2D eigenvalue weighted by molar-refractivity contribution is 5.90. The molecule has 1 N–H and O–H groups in total. The second-order valence-corrected chi connectivity index (χ2v) is 3.75. The first-order valence-corrected chi connectivity index (χ1v) is 5.01. The maximum atomic E-state index is 13.7. The molecule has 2 nitrogen and oxygen atoms in total. The molecule has 0 aliphatic heterocycles. The quantitative estimate of drug-likeness (QED) is 0.840. The van der Waals surface area contributed by atoms with Crippen LogP contribution in [0.15, 0.2) is 36.4 Å². The molecule has 0 amide bonds. The van der Waals surface area contributed by atoms with Crippen molar-refractivity contribution in [3.63, 3.8) is 0 Å². The van der Waals surface area contributed by atoms with Gasteiger partial charge in [-0.05, 0) is 23.9 Å². The van der Waals surface area contributed by atoms with Gasteiger partial charge < -0.3 is 5.11 Å². The number of rotatable bonds is 2. The van der Waals surface area contributed by atoms with Gasteiger partial charge in [0.2, 0.25) is 0 Å². The summed E-state index contributed by atoms with van der Waals surface area (Å²) < 4.78 is 13.7. The summed E-state index contributed by atoms with van der Waals surface area (Å²) in [7, 11) is 0. The summed E-state index contributed by atoms with van der Waals surface area (Å²) in [5.41, 5.74) is 0.517. The smallest absolute Gasteiger partial charge is 0.310 e. The number of hydrogen-bond acceptors (Lipinski definition) is 1. The van der Waals surface area contributed by atoms with Crippen molar-refractivity contribution in [2.45, 2.75) is 12.8 Å². The van der Waals surface area contributed by atoms with Crippen molar-refractivity contribution in [3.8, 4) is 0 Å². The van der Waals surface area contributed by atoms with Crippen molar-refractivity contribution >= 4 is 16.7 Å². The molecule has 0 aromatic heterocycles. The van der Waals surface area contributed by atoms with Crippen molar-refractivity contribution < 1.29 is 14.3 Å². The van der Waals surface area contributed by atoms with E-state index >= 15 is 0 Å². The Bertz CT molecular complexity index is 543. The minimum atomic E-state index is -0.948. The van der Waals surface area contributed by atoms with Gasteiger partial charge in [-0.25, -0.2) is 4.39 Å². The molecule has 1 unspecified atom stereocenters. The van der Waals surface area contributed by atoms with Gasteiger partial charge in [-0.15, -0.1) is 0 Å². The first-order chi connectivity index (χ1) is 7.61. The van der Waals surface area contributed by atoms with E-state index in [1.165, 1.54) is 6.07 Å². The number of benzene rings is 2. The number of hydrogen-bond donors (Lipinski definition) is 1. The predicted molar refractivity (Wildman–Crippen MR) is 60.0 cm³/mol. The molecule has 2 aromatic rings. The molecule has 2 aromatic carbocycles. The van der Waals surface area contributed by atoms with Crippen LogP contribution in [0.1, 0.15) is 18.4 Å². The number of carbonyl (C=O) groups is 1. The molecule has 0 bridgehead atoms. The molecule has 82 valence electrons. The summed E-state index contributed by atoms with van der Waals surface area (Å²) in [5, 5.41) is 10.1. The van der Waals surface area contributed by atoms with Gasteiger partial charge in [0.15, 0.2) is 0 Å². The normalized spacial score (nSPS) is 12.6. The molecule has 0 heterocycles. The minimum Gasteiger partial charge on any atom is -0.481 e. The summed E-state index contributed by atoms with van der Waals surface area (Å²) in [6.07, 6.45) is 0. The molecule has 0 fully saturated rings. The van der Waals surface area contributed by atoms with E-state index in [1.807, 2.05) is 0 Å². The van der Waals surface area contributed by atoms with Gasteiger partial charge in [0.25, 0.3) is 0 Å². The van der Waals surface area contributed by atoms with Crippen LogP contribution < -0.4 is 0 Å². The second kappa shape index (κ2) is 3.93. The van der Waals surface area contributed by atoms with Crippen LogP contribution in [0.5, 0.6) is 0 Å². The molecule has 0 spiro atoms. The number of fused-ring (bicyclic) bond motifs is 1. The van der Waals surface area contributed by atoms with E-state index in [1.54, 1.807) is 37.3 Å². The third-order valence-electron chi connectivity index (χ3n) is 2.72. The van der Waals surface area contributed by atoms with E-state index in [2.05, 4.69) is 0 Å². The van der Waals surface area contributed by atoms with E-state index in [9.17, 15) is 9.18 Å². The Hall–Kier alpha value is -1.90. The lowest BCUT2D eigenvalue weighted by Gasteiger charge is -2.10. The summed E-state index contributed by atoms with van der Waals surface area (Å²) in [5.74, 6) is -2.03. The van der Waals surface area contributed by atoms with Gasteiger partial charge in [0.1, 0.15) is 5.82 Å². The Morgan fingerprint density at radius 3 is 2.50 bits per heavy atom. The largest absolute Gasteiger partial charge is 0.481 e. The average molecular weight is 218 g/mol. The van der Waals surface area contributed by atoms with Crippen LogP contribution in [0, 0.1) is 5.82 Å². The van der Waals surface area contributed by atoms with Gasteiger partial charge in [0.05, 0.1) is 5.92 Å². The van der Waals surface area contributed by atoms with Crippen LogP contribution in [-0.4, -0.2) is 11.1 Å². The summed E-state index contributed by atoms with van der Waals surface area (Å²) in [4.78, 5) is 10.9. The Morgan fingerprint density at radius 2 is 1.88 bits per heavy atom. The van der Waals surface area contributed by atoms with Crippen LogP contribution in [0.25, 0.3) is 10.8 Å². The lowest BCUT2D eigenvalue weighted by Crippen LogP contribution is -2.08. The topological polar surface area (TPSA) is 37.3 Å². The monoisotopic (exact) mass is 218 g/mol. The zero-order valence-corrected chi connectivity index (χ0v) is 8.77. The van der Waals surface area contributed by atoms with E-state index in [0.29, 0.717) is 10.9 Å². The average Bonchev–Trinajstić information content (AvgIpc) is 2.27.